The van der Waals surface area contributed by atoms with E-state index in [0.29, 0.717) is 18.8 Å². The number of nitrogens with zero attached hydrogens (tertiary/aromatic N) is 4. The Morgan fingerprint density at radius 2 is 1.93 bits per heavy atom. The van der Waals surface area contributed by atoms with Crippen LogP contribution in [0.2, 0.25) is 0 Å². The lowest BCUT2D eigenvalue weighted by Crippen LogP contribution is -2.43. The maximum Gasteiger partial charge on any atom is 0.268 e. The van der Waals surface area contributed by atoms with Crippen molar-refractivity contribution in [2.45, 2.75) is 34.1 Å². The van der Waals surface area contributed by atoms with Crippen molar-refractivity contribution in [2.24, 2.45) is 0 Å². The Kier molecular flexibility index (Phi) is 5.21. The van der Waals surface area contributed by atoms with Gasteiger partial charge in [0, 0.05) is 23.4 Å². The van der Waals surface area contributed by atoms with Gasteiger partial charge in [-0.15, -0.1) is 5.10 Å². The molecule has 2 amide bonds. The summed E-state index contributed by atoms with van der Waals surface area (Å²) in [5.41, 5.74) is 7.56. The molecule has 7 nitrogen and oxygen atoms in total. The van der Waals surface area contributed by atoms with Gasteiger partial charge in [-0.2, -0.15) is 0 Å². The van der Waals surface area contributed by atoms with Gasteiger partial charge in [-0.25, -0.2) is 14.7 Å². The lowest BCUT2D eigenvalue weighted by atomic mass is 10.1. The molecule has 0 bridgehead atoms. The standard InChI is InChI=1S/C20H23N5O2/c1-5-17-15(4)11-25(20(17)27)22-18(26)6-7-24-12-21-19(23-24)16-9-13(2)8-14(3)10-16/h6-10,12H,5,11H2,1-4H3,(H,22,26)/b7-6-. The molecule has 0 radical (unpaired) electrons. The van der Waals surface area contributed by atoms with Crippen molar-refractivity contribution in [1.29, 1.82) is 0 Å². The number of amides is 2. The van der Waals surface area contributed by atoms with Crippen molar-refractivity contribution >= 4 is 18.0 Å². The van der Waals surface area contributed by atoms with Crippen molar-refractivity contribution in [3.05, 3.63) is 52.9 Å². The number of hydrogen-bond acceptors (Lipinski definition) is 4. The second-order valence-corrected chi connectivity index (χ2v) is 6.72. The van der Waals surface area contributed by atoms with Gasteiger partial charge in [0.25, 0.3) is 11.8 Å². The van der Waals surface area contributed by atoms with Gasteiger partial charge in [-0.3, -0.25) is 15.0 Å². The predicted molar refractivity (Wildman–Crippen MR) is 103 cm³/mol. The van der Waals surface area contributed by atoms with Gasteiger partial charge in [0.1, 0.15) is 6.33 Å². The van der Waals surface area contributed by atoms with Crippen LogP contribution in [0.3, 0.4) is 0 Å². The van der Waals surface area contributed by atoms with E-state index in [1.807, 2.05) is 39.8 Å². The fourth-order valence-corrected chi connectivity index (χ4v) is 3.19. The van der Waals surface area contributed by atoms with Gasteiger partial charge in [0.2, 0.25) is 0 Å². The highest BCUT2D eigenvalue weighted by molar-refractivity contribution is 5.99. The molecular weight excluding hydrogens is 342 g/mol. The molecule has 0 fully saturated rings. The third-order valence-corrected chi connectivity index (χ3v) is 4.38. The maximum absolute atomic E-state index is 12.2. The summed E-state index contributed by atoms with van der Waals surface area (Å²) in [6.07, 6.45) is 5.04. The summed E-state index contributed by atoms with van der Waals surface area (Å²) >= 11 is 0. The van der Waals surface area contributed by atoms with Crippen molar-refractivity contribution in [2.75, 3.05) is 6.54 Å². The number of carbonyl (C=O) groups is 2. The molecule has 27 heavy (non-hydrogen) atoms. The Bertz CT molecular complexity index is 935. The molecule has 1 aromatic heterocycles. The van der Waals surface area contributed by atoms with E-state index >= 15 is 0 Å². The second-order valence-electron chi connectivity index (χ2n) is 6.72. The summed E-state index contributed by atoms with van der Waals surface area (Å²) in [7, 11) is 0. The first kappa shape index (κ1) is 18.6. The number of carbonyl (C=O) groups excluding carboxylic acids is 2. The zero-order valence-corrected chi connectivity index (χ0v) is 16.0. The quantitative estimate of drug-likeness (QED) is 0.826. The highest BCUT2D eigenvalue weighted by Gasteiger charge is 2.27. The normalized spacial score (nSPS) is 14.5. The third-order valence-electron chi connectivity index (χ3n) is 4.38. The van der Waals surface area contributed by atoms with Gasteiger partial charge >= 0.3 is 0 Å². The number of aromatic nitrogens is 3. The molecule has 7 heteroatoms. The van der Waals surface area contributed by atoms with E-state index in [1.165, 1.54) is 22.0 Å². The first-order valence-electron chi connectivity index (χ1n) is 8.86. The minimum absolute atomic E-state index is 0.144. The highest BCUT2D eigenvalue weighted by atomic mass is 16.2. The van der Waals surface area contributed by atoms with Crippen LogP contribution in [0, 0.1) is 13.8 Å². The number of benzene rings is 1. The van der Waals surface area contributed by atoms with Crippen molar-refractivity contribution < 1.29 is 9.59 Å². The first-order valence-corrected chi connectivity index (χ1v) is 8.86. The van der Waals surface area contributed by atoms with E-state index in [1.54, 1.807) is 6.33 Å². The second kappa shape index (κ2) is 7.57. The van der Waals surface area contributed by atoms with E-state index in [2.05, 4.69) is 21.6 Å². The topological polar surface area (TPSA) is 80.1 Å². The van der Waals surface area contributed by atoms with Crippen molar-refractivity contribution in [3.63, 3.8) is 0 Å². The van der Waals surface area contributed by atoms with E-state index in [4.69, 9.17) is 0 Å². The summed E-state index contributed by atoms with van der Waals surface area (Å²) in [5, 5.41) is 5.71. The molecule has 1 aromatic carbocycles. The highest BCUT2D eigenvalue weighted by Crippen LogP contribution is 2.20. The van der Waals surface area contributed by atoms with Gasteiger partial charge in [0.15, 0.2) is 5.82 Å². The molecule has 1 N–H and O–H groups in total. The summed E-state index contributed by atoms with van der Waals surface area (Å²) in [6.45, 7) is 8.31. The molecule has 2 aromatic rings. The van der Waals surface area contributed by atoms with Gasteiger partial charge in [-0.1, -0.05) is 24.1 Å². The molecule has 2 heterocycles. The van der Waals surface area contributed by atoms with Crippen molar-refractivity contribution in [1.82, 2.24) is 25.2 Å². The van der Waals surface area contributed by atoms with Gasteiger partial charge in [0.05, 0.1) is 6.54 Å². The van der Waals surface area contributed by atoms with Crippen LogP contribution >= 0.6 is 0 Å². The van der Waals surface area contributed by atoms with Gasteiger partial charge < -0.3 is 0 Å². The van der Waals surface area contributed by atoms with E-state index < -0.39 is 5.91 Å². The minimum Gasteiger partial charge on any atom is -0.268 e. The average molecular weight is 365 g/mol. The van der Waals surface area contributed by atoms with Crippen LogP contribution in [0.4, 0.5) is 0 Å². The Morgan fingerprint density at radius 3 is 2.56 bits per heavy atom. The lowest BCUT2D eigenvalue weighted by molar-refractivity contribution is -0.134. The van der Waals surface area contributed by atoms with Crippen LogP contribution in [-0.4, -0.2) is 38.1 Å². The minimum atomic E-state index is -0.392. The zero-order valence-electron chi connectivity index (χ0n) is 16.0. The summed E-state index contributed by atoms with van der Waals surface area (Å²) < 4.78 is 1.47. The molecule has 0 aliphatic carbocycles. The largest absolute Gasteiger partial charge is 0.268 e. The Balaban J connectivity index is 1.64. The molecule has 0 saturated carbocycles. The Hall–Kier alpha value is -3.22. The number of aryl methyl sites for hydroxylation is 2. The molecule has 1 aliphatic heterocycles. The van der Waals surface area contributed by atoms with Crippen LogP contribution in [0.25, 0.3) is 17.6 Å². The van der Waals surface area contributed by atoms with Crippen LogP contribution < -0.4 is 5.43 Å². The summed E-state index contributed by atoms with van der Waals surface area (Å²) in [5.74, 6) is 0.0561. The molecule has 140 valence electrons. The van der Waals surface area contributed by atoms with Crippen molar-refractivity contribution in [3.8, 4) is 11.4 Å². The SMILES string of the molecule is CCC1=C(C)CN(NC(=O)/C=C\n2cnc(-c3cc(C)cc(C)c3)n2)C1=O. The number of rotatable bonds is 5. The lowest BCUT2D eigenvalue weighted by Gasteiger charge is -2.16. The van der Waals surface area contributed by atoms with Gasteiger partial charge in [-0.05, 0) is 44.9 Å². The van der Waals surface area contributed by atoms with E-state index in [-0.39, 0.29) is 5.91 Å². The predicted octanol–water partition coefficient (Wildman–Crippen LogP) is 2.63. The fourth-order valence-electron chi connectivity index (χ4n) is 3.19. The number of nitrogens with one attached hydrogen (secondary N) is 1. The van der Waals surface area contributed by atoms with Crippen LogP contribution in [0.5, 0.6) is 0 Å². The zero-order chi connectivity index (χ0) is 19.6. The Labute approximate surface area is 158 Å². The van der Waals surface area contributed by atoms with Crippen LogP contribution in [0.15, 0.2) is 41.7 Å². The first-order chi connectivity index (χ1) is 12.9. The fraction of sp³-hybridized carbons (Fsp3) is 0.300. The molecule has 0 spiro atoms. The summed E-state index contributed by atoms with van der Waals surface area (Å²) in [6, 6.07) is 6.12. The summed E-state index contributed by atoms with van der Waals surface area (Å²) in [4.78, 5) is 28.6. The maximum atomic E-state index is 12.2. The molecule has 3 rings (SSSR count). The monoisotopic (exact) mass is 365 g/mol. The number of hydrogen-bond donors (Lipinski definition) is 1. The molecule has 0 unspecified atom stereocenters. The third kappa shape index (κ3) is 4.13. The number of hydrazine groups is 1. The molecule has 1 aliphatic rings. The molecule has 0 saturated heterocycles. The van der Waals surface area contributed by atoms with E-state index in [9.17, 15) is 9.59 Å². The van der Waals surface area contributed by atoms with E-state index in [0.717, 1.165) is 27.8 Å². The smallest absolute Gasteiger partial charge is 0.268 e. The van der Waals surface area contributed by atoms with Crippen LogP contribution in [-0.2, 0) is 9.59 Å². The van der Waals surface area contributed by atoms with Crippen LogP contribution in [0.1, 0.15) is 31.4 Å². The Morgan fingerprint density at radius 1 is 1.22 bits per heavy atom. The molecular formula is C20H23N5O2. The average Bonchev–Trinajstić information content (AvgIpc) is 3.17. The molecule has 0 atom stereocenters.